The summed E-state index contributed by atoms with van der Waals surface area (Å²) < 4.78 is 0. The third-order valence-corrected chi connectivity index (χ3v) is 7.96. The third-order valence-electron chi connectivity index (χ3n) is 7.96. The van der Waals surface area contributed by atoms with Crippen molar-refractivity contribution in [1.29, 1.82) is 0 Å². The molecule has 0 atom stereocenters. The molecular weight excluding hydrogens is 583 g/mol. The van der Waals surface area contributed by atoms with Gasteiger partial charge < -0.3 is 0 Å². The Morgan fingerprint density at radius 1 is 0.521 bits per heavy atom. The third kappa shape index (κ3) is 7.89. The Bertz CT molecular complexity index is 1980. The van der Waals surface area contributed by atoms with Crippen LogP contribution in [-0.2, 0) is 0 Å². The molecule has 0 bridgehead atoms. The fraction of sp³-hybridized carbons (Fsp3) is 0.0889. The van der Waals surface area contributed by atoms with Gasteiger partial charge in [0.25, 0.3) is 0 Å². The molecule has 0 radical (unpaired) electrons. The first-order valence-corrected chi connectivity index (χ1v) is 16.1. The lowest BCUT2D eigenvalue weighted by Gasteiger charge is -2.16. The molecule has 1 aromatic heterocycles. The van der Waals surface area contributed by atoms with Crippen molar-refractivity contribution >= 4 is 33.4 Å². The van der Waals surface area contributed by atoms with Crippen LogP contribution in [0, 0.1) is 0 Å². The Kier molecular flexibility index (Phi) is 12.5. The van der Waals surface area contributed by atoms with Crippen molar-refractivity contribution in [2.45, 2.75) is 27.7 Å². The van der Waals surface area contributed by atoms with Crippen molar-refractivity contribution in [3.63, 3.8) is 0 Å². The van der Waals surface area contributed by atoms with Crippen LogP contribution in [0.2, 0.25) is 0 Å². The van der Waals surface area contributed by atoms with Crippen molar-refractivity contribution < 1.29 is 0 Å². The number of hydrogen-bond acceptors (Lipinski definition) is 3. The summed E-state index contributed by atoms with van der Waals surface area (Å²) in [5.41, 5.74) is 10.9. The van der Waals surface area contributed by atoms with E-state index in [1.54, 1.807) is 6.08 Å². The van der Waals surface area contributed by atoms with Crippen LogP contribution < -0.4 is 0 Å². The first-order chi connectivity index (χ1) is 23.5. The maximum atomic E-state index is 5.13. The van der Waals surface area contributed by atoms with E-state index in [0.29, 0.717) is 17.5 Å². The van der Waals surface area contributed by atoms with E-state index in [9.17, 15) is 0 Å². The van der Waals surface area contributed by atoms with Crippen molar-refractivity contribution in [2.75, 3.05) is 0 Å². The van der Waals surface area contributed by atoms with E-state index < -0.39 is 0 Å². The van der Waals surface area contributed by atoms with Gasteiger partial charge in [0, 0.05) is 16.7 Å². The van der Waals surface area contributed by atoms with Crippen molar-refractivity contribution in [3.05, 3.63) is 200 Å². The van der Waals surface area contributed by atoms with Gasteiger partial charge >= 0.3 is 0 Å². The molecule has 0 saturated carbocycles. The minimum Gasteiger partial charge on any atom is -0.208 e. The molecule has 0 aliphatic carbocycles. The van der Waals surface area contributed by atoms with E-state index in [4.69, 9.17) is 15.0 Å². The minimum absolute atomic E-state index is 0.530. The molecular formula is C45H43N3. The number of aromatic nitrogens is 3. The van der Waals surface area contributed by atoms with Crippen LogP contribution in [0.4, 0.5) is 0 Å². The highest BCUT2D eigenvalue weighted by Crippen LogP contribution is 2.34. The molecule has 0 unspecified atom stereocenters. The molecule has 4 rings (SSSR count). The van der Waals surface area contributed by atoms with Gasteiger partial charge in [-0.1, -0.05) is 166 Å². The summed E-state index contributed by atoms with van der Waals surface area (Å²) in [6.45, 7) is 24.2. The normalized spacial score (nSPS) is 13.2. The molecule has 1 heterocycles. The Hall–Kier alpha value is -5.93. The van der Waals surface area contributed by atoms with Gasteiger partial charge in [-0.3, -0.25) is 0 Å². The number of allylic oxidation sites excluding steroid dienone is 16. The molecule has 0 saturated heterocycles. The topological polar surface area (TPSA) is 38.7 Å². The fourth-order valence-corrected chi connectivity index (χ4v) is 5.52. The van der Waals surface area contributed by atoms with Crippen molar-refractivity contribution in [2.24, 2.45) is 0 Å². The number of rotatable bonds is 13. The van der Waals surface area contributed by atoms with E-state index in [-0.39, 0.29) is 0 Å². The minimum atomic E-state index is 0.530. The summed E-state index contributed by atoms with van der Waals surface area (Å²) in [5.74, 6) is 1.66. The SMILES string of the molecule is C=C/C=C(\C(=C/C)c1nc(/C(C=C)=C(/C=C\C)c2ccc(/C(C=C)=C/C)cc2)nc(-c2ccccc2)n1)c1ccc(/C(C=C)=C/C)cc1. The first-order valence-electron chi connectivity index (χ1n) is 16.1. The molecule has 0 fully saturated rings. The number of benzene rings is 3. The van der Waals surface area contributed by atoms with Gasteiger partial charge in [-0.15, -0.1) is 0 Å². The van der Waals surface area contributed by atoms with Gasteiger partial charge in [-0.25, -0.2) is 15.0 Å². The number of hydrogen-bond donors (Lipinski definition) is 0. The molecule has 3 aromatic carbocycles. The van der Waals surface area contributed by atoms with Gasteiger partial charge in [-0.05, 0) is 72.2 Å². The lowest BCUT2D eigenvalue weighted by Crippen LogP contribution is -2.06. The zero-order chi connectivity index (χ0) is 34.5. The van der Waals surface area contributed by atoms with E-state index >= 15 is 0 Å². The molecule has 3 heteroatoms. The fourth-order valence-electron chi connectivity index (χ4n) is 5.52. The Morgan fingerprint density at radius 3 is 1.54 bits per heavy atom. The highest BCUT2D eigenvalue weighted by Gasteiger charge is 2.19. The predicted molar refractivity (Wildman–Crippen MR) is 209 cm³/mol. The largest absolute Gasteiger partial charge is 0.208 e. The second-order valence-electron chi connectivity index (χ2n) is 10.8. The Morgan fingerprint density at radius 2 is 1.06 bits per heavy atom. The summed E-state index contributed by atoms with van der Waals surface area (Å²) in [5, 5.41) is 0. The van der Waals surface area contributed by atoms with Crippen LogP contribution in [0.5, 0.6) is 0 Å². The molecule has 0 aliphatic heterocycles. The summed E-state index contributed by atoms with van der Waals surface area (Å²) in [7, 11) is 0. The average Bonchev–Trinajstić information content (AvgIpc) is 3.13. The van der Waals surface area contributed by atoms with Crippen LogP contribution in [0.25, 0.3) is 44.8 Å². The molecule has 0 N–H and O–H groups in total. The lowest BCUT2D eigenvalue weighted by atomic mass is 9.94. The van der Waals surface area contributed by atoms with E-state index in [2.05, 4.69) is 93.1 Å². The second kappa shape index (κ2) is 17.1. The summed E-state index contributed by atoms with van der Waals surface area (Å²) in [4.78, 5) is 15.2. The van der Waals surface area contributed by atoms with E-state index in [0.717, 1.165) is 61.3 Å². The molecule has 3 nitrogen and oxygen atoms in total. The second-order valence-corrected chi connectivity index (χ2v) is 10.8. The van der Waals surface area contributed by atoms with Crippen LogP contribution in [0.3, 0.4) is 0 Å². The van der Waals surface area contributed by atoms with Crippen LogP contribution in [-0.4, -0.2) is 15.0 Å². The van der Waals surface area contributed by atoms with Gasteiger partial charge in [0.05, 0.1) is 0 Å². The van der Waals surface area contributed by atoms with Gasteiger partial charge in [-0.2, -0.15) is 0 Å². The van der Waals surface area contributed by atoms with Crippen molar-refractivity contribution in [3.8, 4) is 11.4 Å². The zero-order valence-corrected chi connectivity index (χ0v) is 28.4. The Balaban J connectivity index is 1.96. The zero-order valence-electron chi connectivity index (χ0n) is 28.4. The molecule has 0 amide bonds. The van der Waals surface area contributed by atoms with E-state index in [1.165, 1.54) is 0 Å². The highest BCUT2D eigenvalue weighted by molar-refractivity contribution is 6.04. The maximum Gasteiger partial charge on any atom is 0.164 e. The number of nitrogens with zero attached hydrogens (tertiary/aromatic N) is 3. The predicted octanol–water partition coefficient (Wildman–Crippen LogP) is 12.1. The molecule has 0 spiro atoms. The smallest absolute Gasteiger partial charge is 0.164 e. The first kappa shape index (κ1) is 34.9. The molecule has 48 heavy (non-hydrogen) atoms. The lowest BCUT2D eigenvalue weighted by molar-refractivity contribution is 1.00. The van der Waals surface area contributed by atoms with E-state index in [1.807, 2.05) is 94.5 Å². The maximum absolute atomic E-state index is 5.13. The van der Waals surface area contributed by atoms with Gasteiger partial charge in [0.1, 0.15) is 0 Å². The van der Waals surface area contributed by atoms with Crippen molar-refractivity contribution in [1.82, 2.24) is 15.0 Å². The van der Waals surface area contributed by atoms with Crippen LogP contribution >= 0.6 is 0 Å². The summed E-state index contributed by atoms with van der Waals surface area (Å²) in [6.07, 6.45) is 19.6. The monoisotopic (exact) mass is 625 g/mol. The summed E-state index contributed by atoms with van der Waals surface area (Å²) in [6, 6.07) is 26.8. The Labute approximate surface area is 286 Å². The van der Waals surface area contributed by atoms with Gasteiger partial charge in [0.15, 0.2) is 17.5 Å². The van der Waals surface area contributed by atoms with Crippen LogP contribution in [0.1, 0.15) is 61.6 Å². The standard InChI is InChI=1S/C45H43N3/c1-9-20-41(36-28-24-34(25-29-36)32(11-3)12-4)39(15-7)44-46-43(38-22-18-17-19-23-38)47-45(48-44)40(16-8)42(21-10-2)37-30-26-35(27-31-37)33(13-5)14-6/h9-31H,1,3,5,8H2,2,4,6-7H3/b21-10-,32-12+,33-14+,39-15+,41-20-,42-40-. The highest BCUT2D eigenvalue weighted by atomic mass is 15.0. The molecule has 0 aliphatic rings. The summed E-state index contributed by atoms with van der Waals surface area (Å²) >= 11 is 0. The quantitative estimate of drug-likeness (QED) is 0.139. The molecule has 4 aromatic rings. The average molecular weight is 626 g/mol. The van der Waals surface area contributed by atoms with Gasteiger partial charge in [0.2, 0.25) is 0 Å². The van der Waals surface area contributed by atoms with Crippen LogP contribution in [0.15, 0.2) is 166 Å². The molecule has 238 valence electrons.